The van der Waals surface area contributed by atoms with Gasteiger partial charge in [0.25, 0.3) is 0 Å². The highest BCUT2D eigenvalue weighted by Gasteiger charge is 2.31. The highest BCUT2D eigenvalue weighted by molar-refractivity contribution is 8.00. The van der Waals surface area contributed by atoms with Gasteiger partial charge in [-0.1, -0.05) is 17.8 Å². The molecular formula is C13H17NOS. The van der Waals surface area contributed by atoms with Gasteiger partial charge in [0.1, 0.15) is 5.75 Å². The van der Waals surface area contributed by atoms with Gasteiger partial charge in [0.2, 0.25) is 0 Å². The molecule has 3 heteroatoms. The minimum Gasteiger partial charge on any atom is -0.476 e. The monoisotopic (exact) mass is 235 g/mol. The van der Waals surface area contributed by atoms with Gasteiger partial charge >= 0.3 is 0 Å². The van der Waals surface area contributed by atoms with Gasteiger partial charge in [-0.05, 0) is 50.4 Å². The Kier molecular flexibility index (Phi) is 2.41. The number of rotatable bonds is 1. The van der Waals surface area contributed by atoms with E-state index < -0.39 is 0 Å². The molecule has 86 valence electrons. The first-order valence-corrected chi connectivity index (χ1v) is 6.68. The number of thioether (sulfide) groups is 1. The Labute approximate surface area is 101 Å². The lowest BCUT2D eigenvalue weighted by atomic mass is 9.98. The summed E-state index contributed by atoms with van der Waals surface area (Å²) in [5.74, 6) is 1.74. The van der Waals surface area contributed by atoms with Gasteiger partial charge < -0.3 is 10.1 Å². The van der Waals surface area contributed by atoms with E-state index >= 15 is 0 Å². The zero-order valence-corrected chi connectivity index (χ0v) is 10.6. The minimum atomic E-state index is -0.102. The van der Waals surface area contributed by atoms with Crippen LogP contribution in [0.4, 0.5) is 0 Å². The number of nitrogens with one attached hydrogen (secondary N) is 1. The van der Waals surface area contributed by atoms with E-state index in [0.717, 1.165) is 18.8 Å². The van der Waals surface area contributed by atoms with E-state index in [1.165, 1.54) is 16.9 Å². The molecule has 0 amide bonds. The fraction of sp³-hybridized carbons (Fsp3) is 0.538. The van der Waals surface area contributed by atoms with Crippen molar-refractivity contribution in [3.63, 3.8) is 0 Å². The van der Waals surface area contributed by atoms with Crippen LogP contribution in [0.5, 0.6) is 5.75 Å². The van der Waals surface area contributed by atoms with Crippen molar-refractivity contribution in [3.8, 4) is 5.75 Å². The lowest BCUT2D eigenvalue weighted by Crippen LogP contribution is -2.18. The molecule has 1 unspecified atom stereocenters. The summed E-state index contributed by atoms with van der Waals surface area (Å²) in [4.78, 5) is 1.18. The van der Waals surface area contributed by atoms with E-state index in [0.29, 0.717) is 5.92 Å². The highest BCUT2D eigenvalue weighted by atomic mass is 32.2. The summed E-state index contributed by atoms with van der Waals surface area (Å²) in [6, 6.07) is 6.70. The summed E-state index contributed by atoms with van der Waals surface area (Å²) in [5, 5.41) is 3.41. The van der Waals surface area contributed by atoms with Crippen molar-refractivity contribution in [2.24, 2.45) is 0 Å². The number of fused-ring (bicyclic) bond motifs is 1. The van der Waals surface area contributed by atoms with Crippen molar-refractivity contribution in [2.45, 2.75) is 36.0 Å². The van der Waals surface area contributed by atoms with E-state index in [2.05, 4.69) is 37.4 Å². The normalized spacial score (nSPS) is 26.5. The minimum absolute atomic E-state index is 0.102. The Hall–Kier alpha value is -0.670. The summed E-state index contributed by atoms with van der Waals surface area (Å²) in [6.07, 6.45) is 1.25. The van der Waals surface area contributed by atoms with Crippen molar-refractivity contribution in [3.05, 3.63) is 23.8 Å². The molecule has 1 saturated heterocycles. The van der Waals surface area contributed by atoms with E-state index in [9.17, 15) is 0 Å². The third-order valence-corrected chi connectivity index (χ3v) is 4.34. The van der Waals surface area contributed by atoms with E-state index in [-0.39, 0.29) is 4.93 Å². The Balaban J connectivity index is 1.89. The molecule has 16 heavy (non-hydrogen) atoms. The van der Waals surface area contributed by atoms with Crippen LogP contribution < -0.4 is 10.1 Å². The zero-order chi connectivity index (χ0) is 11.2. The molecule has 2 aliphatic heterocycles. The maximum Gasteiger partial charge on any atom is 0.153 e. The molecule has 0 bridgehead atoms. The summed E-state index contributed by atoms with van der Waals surface area (Å²) in [7, 11) is 0. The highest BCUT2D eigenvalue weighted by Crippen LogP contribution is 2.47. The first-order chi connectivity index (χ1) is 7.64. The van der Waals surface area contributed by atoms with E-state index in [4.69, 9.17) is 4.74 Å². The average Bonchev–Trinajstić information content (AvgIpc) is 2.80. The molecule has 0 radical (unpaired) electrons. The number of hydrogen-bond donors (Lipinski definition) is 1. The third kappa shape index (κ3) is 1.82. The predicted octanol–water partition coefficient (Wildman–Crippen LogP) is 2.98. The van der Waals surface area contributed by atoms with Crippen molar-refractivity contribution in [1.82, 2.24) is 5.32 Å². The largest absolute Gasteiger partial charge is 0.476 e. The lowest BCUT2D eigenvalue weighted by molar-refractivity contribution is 0.214. The van der Waals surface area contributed by atoms with Crippen molar-refractivity contribution >= 4 is 11.8 Å². The summed E-state index contributed by atoms with van der Waals surface area (Å²) in [6.45, 7) is 6.49. The van der Waals surface area contributed by atoms with Crippen LogP contribution in [0.1, 0.15) is 31.7 Å². The molecule has 1 aromatic rings. The quantitative estimate of drug-likeness (QED) is 0.808. The second kappa shape index (κ2) is 3.67. The fourth-order valence-corrected chi connectivity index (χ4v) is 3.43. The Morgan fingerprint density at radius 3 is 3.06 bits per heavy atom. The first-order valence-electron chi connectivity index (χ1n) is 5.87. The van der Waals surface area contributed by atoms with Gasteiger partial charge in [-0.25, -0.2) is 0 Å². The first kappa shape index (κ1) is 10.5. The Morgan fingerprint density at radius 1 is 1.44 bits per heavy atom. The molecule has 1 aromatic carbocycles. The van der Waals surface area contributed by atoms with Crippen LogP contribution in [0, 0.1) is 0 Å². The van der Waals surface area contributed by atoms with Gasteiger partial charge in [0.05, 0.1) is 4.90 Å². The summed E-state index contributed by atoms with van der Waals surface area (Å²) >= 11 is 1.81. The van der Waals surface area contributed by atoms with E-state index in [1.54, 1.807) is 11.8 Å². The van der Waals surface area contributed by atoms with Gasteiger partial charge in [0, 0.05) is 6.54 Å². The number of benzene rings is 1. The molecule has 3 rings (SSSR count). The van der Waals surface area contributed by atoms with Crippen LogP contribution in [0.3, 0.4) is 0 Å². The molecule has 0 aromatic heterocycles. The van der Waals surface area contributed by atoms with Crippen LogP contribution in [0.15, 0.2) is 23.1 Å². The molecule has 0 saturated carbocycles. The second-order valence-corrected chi connectivity index (χ2v) is 6.63. The van der Waals surface area contributed by atoms with Gasteiger partial charge in [-0.3, -0.25) is 0 Å². The standard InChI is InChI=1S/C13H17NOS/c1-13(2)15-11-7-9(3-4-12(11)16-13)10-5-6-14-8-10/h3-4,7,10,14H,5-6,8H2,1-2H3. The molecule has 2 heterocycles. The predicted molar refractivity (Wildman–Crippen MR) is 67.2 cm³/mol. The molecule has 2 aliphatic rings. The Morgan fingerprint density at radius 2 is 2.31 bits per heavy atom. The van der Waals surface area contributed by atoms with Gasteiger partial charge in [-0.15, -0.1) is 0 Å². The molecular weight excluding hydrogens is 218 g/mol. The van der Waals surface area contributed by atoms with Crippen LogP contribution >= 0.6 is 11.8 Å². The third-order valence-electron chi connectivity index (χ3n) is 3.21. The summed E-state index contributed by atoms with van der Waals surface area (Å²) < 4.78 is 5.94. The SMILES string of the molecule is CC1(C)Oc2cc(C3CCNC3)ccc2S1. The molecule has 1 N–H and O–H groups in total. The van der Waals surface area contributed by atoms with Crippen molar-refractivity contribution in [1.29, 1.82) is 0 Å². The zero-order valence-electron chi connectivity index (χ0n) is 9.75. The van der Waals surface area contributed by atoms with Crippen LogP contribution in [-0.2, 0) is 0 Å². The molecule has 1 fully saturated rings. The van der Waals surface area contributed by atoms with Crippen LogP contribution in [0.25, 0.3) is 0 Å². The molecule has 0 spiro atoms. The molecule has 0 aliphatic carbocycles. The maximum absolute atomic E-state index is 5.94. The second-order valence-electron chi connectivity index (χ2n) is 5.00. The smallest absolute Gasteiger partial charge is 0.153 e. The maximum atomic E-state index is 5.94. The number of ether oxygens (including phenoxy) is 1. The average molecular weight is 235 g/mol. The lowest BCUT2D eigenvalue weighted by Gasteiger charge is -2.16. The molecule has 1 atom stereocenters. The van der Waals surface area contributed by atoms with Gasteiger partial charge in [-0.2, -0.15) is 0 Å². The van der Waals surface area contributed by atoms with Crippen molar-refractivity contribution < 1.29 is 4.74 Å². The van der Waals surface area contributed by atoms with Gasteiger partial charge in [0.15, 0.2) is 4.93 Å². The fourth-order valence-electron chi connectivity index (χ4n) is 2.43. The Bertz CT molecular complexity index is 410. The number of hydrogen-bond acceptors (Lipinski definition) is 3. The van der Waals surface area contributed by atoms with Crippen LogP contribution in [-0.4, -0.2) is 18.0 Å². The molecule has 2 nitrogen and oxygen atoms in total. The van der Waals surface area contributed by atoms with E-state index in [1.807, 2.05) is 0 Å². The van der Waals surface area contributed by atoms with Crippen molar-refractivity contribution in [2.75, 3.05) is 13.1 Å². The topological polar surface area (TPSA) is 21.3 Å². The van der Waals surface area contributed by atoms with Crippen LogP contribution in [0.2, 0.25) is 0 Å². The summed E-state index contributed by atoms with van der Waals surface area (Å²) in [5.41, 5.74) is 1.42.